The zero-order valence-corrected chi connectivity index (χ0v) is 18.7. The third-order valence-corrected chi connectivity index (χ3v) is 4.09. The van der Waals surface area contributed by atoms with E-state index in [-0.39, 0.29) is 12.6 Å². The van der Waals surface area contributed by atoms with E-state index in [1.807, 2.05) is 27.7 Å². The highest BCUT2D eigenvalue weighted by atomic mass is 16.6. The molecular formula is C21H33N3O5. The van der Waals surface area contributed by atoms with E-state index in [1.54, 1.807) is 44.9 Å². The van der Waals surface area contributed by atoms with E-state index in [0.717, 1.165) is 6.42 Å². The van der Waals surface area contributed by atoms with E-state index in [2.05, 4.69) is 4.98 Å². The molecule has 8 heteroatoms. The van der Waals surface area contributed by atoms with Gasteiger partial charge in [0.15, 0.2) is 0 Å². The molecule has 1 atom stereocenters. The fraction of sp³-hybridized carbons (Fsp3) is 0.667. The summed E-state index contributed by atoms with van der Waals surface area (Å²) in [4.78, 5) is 32.5. The van der Waals surface area contributed by atoms with Crippen molar-refractivity contribution in [1.29, 1.82) is 0 Å². The van der Waals surface area contributed by atoms with Gasteiger partial charge in [0.05, 0.1) is 13.1 Å². The first kappa shape index (κ1) is 22.8. The topological polar surface area (TPSA) is 81.2 Å². The van der Waals surface area contributed by atoms with Gasteiger partial charge in [-0.15, -0.1) is 0 Å². The summed E-state index contributed by atoms with van der Waals surface area (Å²) >= 11 is 0. The number of aromatic nitrogens is 1. The molecule has 0 radical (unpaired) electrons. The van der Waals surface area contributed by atoms with Gasteiger partial charge in [0, 0.05) is 7.05 Å². The van der Waals surface area contributed by atoms with Gasteiger partial charge in [-0.2, -0.15) is 0 Å². The number of amides is 2. The van der Waals surface area contributed by atoms with Gasteiger partial charge in [-0.25, -0.2) is 14.6 Å². The maximum atomic E-state index is 12.7. The van der Waals surface area contributed by atoms with Crippen molar-refractivity contribution in [3.05, 3.63) is 17.8 Å². The summed E-state index contributed by atoms with van der Waals surface area (Å²) in [5.41, 5.74) is -0.636. The van der Waals surface area contributed by atoms with Gasteiger partial charge in [0.2, 0.25) is 0 Å². The van der Waals surface area contributed by atoms with Crippen molar-refractivity contribution in [2.75, 3.05) is 18.5 Å². The standard InChI is InChI=1S/C21H33N3O5/c1-9-14-12-24(19(26)29-21(5,6)7)13-15-16(27-14)10-11-17(22-15)23(8)18(25)28-20(2,3)4/h10-11,14H,9,12-13H2,1-8H3/t14-/m1/s1. The largest absolute Gasteiger partial charge is 0.487 e. The highest BCUT2D eigenvalue weighted by Gasteiger charge is 2.30. The average Bonchev–Trinajstić information content (AvgIpc) is 2.76. The predicted octanol–water partition coefficient (Wildman–Crippen LogP) is 4.36. The van der Waals surface area contributed by atoms with Crippen LogP contribution in [-0.2, 0) is 16.0 Å². The molecule has 0 aliphatic carbocycles. The number of carbonyl (C=O) groups excluding carboxylic acids is 2. The molecule has 0 saturated carbocycles. The zero-order chi connectivity index (χ0) is 22.0. The molecule has 0 unspecified atom stereocenters. The Labute approximate surface area is 173 Å². The van der Waals surface area contributed by atoms with Crippen molar-refractivity contribution in [3.8, 4) is 5.75 Å². The molecule has 8 nitrogen and oxygen atoms in total. The first-order valence-electron chi connectivity index (χ1n) is 9.90. The fourth-order valence-corrected chi connectivity index (χ4v) is 2.69. The first-order valence-corrected chi connectivity index (χ1v) is 9.90. The molecule has 29 heavy (non-hydrogen) atoms. The number of carbonyl (C=O) groups is 2. The minimum absolute atomic E-state index is 0.167. The van der Waals surface area contributed by atoms with Gasteiger partial charge in [-0.3, -0.25) is 9.80 Å². The van der Waals surface area contributed by atoms with Crippen LogP contribution in [0.3, 0.4) is 0 Å². The summed E-state index contributed by atoms with van der Waals surface area (Å²) in [6.07, 6.45) is -0.354. The lowest BCUT2D eigenvalue weighted by atomic mass is 10.2. The van der Waals surface area contributed by atoms with Crippen molar-refractivity contribution in [3.63, 3.8) is 0 Å². The number of hydrogen-bond acceptors (Lipinski definition) is 6. The molecular weight excluding hydrogens is 374 g/mol. The van der Waals surface area contributed by atoms with Gasteiger partial charge in [0.1, 0.15) is 34.6 Å². The SMILES string of the molecule is CC[C@@H]1CN(C(=O)OC(C)(C)C)Cc2nc(N(C)C(=O)OC(C)(C)C)ccc2O1. The van der Waals surface area contributed by atoms with E-state index in [9.17, 15) is 9.59 Å². The molecule has 1 aliphatic heterocycles. The van der Waals surface area contributed by atoms with Crippen LogP contribution in [0.1, 0.15) is 60.6 Å². The molecule has 2 heterocycles. The summed E-state index contributed by atoms with van der Waals surface area (Å²) in [5.74, 6) is 1.02. The summed E-state index contributed by atoms with van der Waals surface area (Å²) < 4.78 is 17.0. The van der Waals surface area contributed by atoms with Crippen LogP contribution in [0.2, 0.25) is 0 Å². The Morgan fingerprint density at radius 3 is 2.34 bits per heavy atom. The highest BCUT2D eigenvalue weighted by Crippen LogP contribution is 2.28. The van der Waals surface area contributed by atoms with Crippen molar-refractivity contribution in [2.45, 2.75) is 78.7 Å². The summed E-state index contributed by atoms with van der Waals surface area (Å²) in [7, 11) is 1.60. The van der Waals surface area contributed by atoms with Gasteiger partial charge < -0.3 is 14.2 Å². The van der Waals surface area contributed by atoms with Gasteiger partial charge in [-0.05, 0) is 60.1 Å². The van der Waals surface area contributed by atoms with Crippen molar-refractivity contribution < 1.29 is 23.8 Å². The van der Waals surface area contributed by atoms with E-state index in [1.165, 1.54) is 4.90 Å². The third kappa shape index (κ3) is 6.51. The van der Waals surface area contributed by atoms with Crippen molar-refractivity contribution in [2.24, 2.45) is 0 Å². The smallest absolute Gasteiger partial charge is 0.415 e. The maximum absolute atomic E-state index is 12.7. The molecule has 1 aromatic heterocycles. The molecule has 0 fully saturated rings. The summed E-state index contributed by atoms with van der Waals surface area (Å²) in [6, 6.07) is 3.48. The Balaban J connectivity index is 2.29. The molecule has 0 aromatic carbocycles. The quantitative estimate of drug-likeness (QED) is 0.724. The van der Waals surface area contributed by atoms with Crippen LogP contribution >= 0.6 is 0 Å². The fourth-order valence-electron chi connectivity index (χ4n) is 2.69. The molecule has 2 amide bonds. The number of anilines is 1. The molecule has 0 spiro atoms. The van der Waals surface area contributed by atoms with Crippen LogP contribution in [0.25, 0.3) is 0 Å². The number of ether oxygens (including phenoxy) is 3. The van der Waals surface area contributed by atoms with Crippen molar-refractivity contribution in [1.82, 2.24) is 9.88 Å². The number of fused-ring (bicyclic) bond motifs is 1. The molecule has 2 rings (SSSR count). The Hall–Kier alpha value is -2.51. The second kappa shape index (κ2) is 8.47. The van der Waals surface area contributed by atoms with E-state index >= 15 is 0 Å². The minimum atomic E-state index is -0.609. The Bertz CT molecular complexity index is 752. The lowest BCUT2D eigenvalue weighted by Crippen LogP contribution is -2.40. The molecule has 0 saturated heterocycles. The number of nitrogens with zero attached hydrogens (tertiary/aromatic N) is 3. The molecule has 1 aliphatic rings. The van der Waals surface area contributed by atoms with Gasteiger partial charge in [-0.1, -0.05) is 6.92 Å². The van der Waals surface area contributed by atoms with Crippen LogP contribution < -0.4 is 9.64 Å². The predicted molar refractivity (Wildman–Crippen MR) is 110 cm³/mol. The summed E-state index contributed by atoms with van der Waals surface area (Å²) in [5, 5.41) is 0. The molecule has 162 valence electrons. The number of hydrogen-bond donors (Lipinski definition) is 0. The lowest BCUT2D eigenvalue weighted by Gasteiger charge is -2.27. The first-order chi connectivity index (χ1) is 13.3. The normalized spacial score (nSPS) is 17.0. The highest BCUT2D eigenvalue weighted by molar-refractivity contribution is 5.86. The molecule has 1 aromatic rings. The van der Waals surface area contributed by atoms with Crippen molar-refractivity contribution >= 4 is 18.0 Å². The Morgan fingerprint density at radius 2 is 1.79 bits per heavy atom. The van der Waals surface area contributed by atoms with Gasteiger partial charge >= 0.3 is 12.2 Å². The second-order valence-electron chi connectivity index (χ2n) is 9.16. The van der Waals surface area contributed by atoms with Crippen LogP contribution in [0.15, 0.2) is 12.1 Å². The van der Waals surface area contributed by atoms with Crippen LogP contribution in [0.5, 0.6) is 5.75 Å². The van der Waals surface area contributed by atoms with Crippen LogP contribution in [-0.4, -0.2) is 53.0 Å². The molecule has 0 N–H and O–H groups in total. The lowest BCUT2D eigenvalue weighted by molar-refractivity contribution is 0.0175. The monoisotopic (exact) mass is 407 g/mol. The number of pyridine rings is 1. The zero-order valence-electron chi connectivity index (χ0n) is 18.7. The molecule has 0 bridgehead atoms. The van der Waals surface area contributed by atoms with Gasteiger partial charge in [0.25, 0.3) is 0 Å². The van der Waals surface area contributed by atoms with Crippen LogP contribution in [0, 0.1) is 0 Å². The number of rotatable bonds is 2. The van der Waals surface area contributed by atoms with Crippen LogP contribution in [0.4, 0.5) is 15.4 Å². The average molecular weight is 408 g/mol. The third-order valence-electron chi connectivity index (χ3n) is 4.09. The summed E-state index contributed by atoms with van der Waals surface area (Å²) in [6.45, 7) is 13.5. The van der Waals surface area contributed by atoms with E-state index in [0.29, 0.717) is 23.8 Å². The maximum Gasteiger partial charge on any atom is 0.415 e. The minimum Gasteiger partial charge on any atom is -0.487 e. The second-order valence-corrected chi connectivity index (χ2v) is 9.16. The Kier molecular flexibility index (Phi) is 6.65. The van der Waals surface area contributed by atoms with E-state index in [4.69, 9.17) is 14.2 Å². The Morgan fingerprint density at radius 1 is 1.17 bits per heavy atom. The van der Waals surface area contributed by atoms with E-state index < -0.39 is 23.4 Å².